The van der Waals surface area contributed by atoms with Crippen molar-refractivity contribution in [2.45, 2.75) is 44.2 Å². The Labute approximate surface area is 475 Å². The Morgan fingerprint density at radius 2 is 1.04 bits per heavy atom. The van der Waals surface area contributed by atoms with Crippen LogP contribution >= 0.6 is 11.6 Å². The molecule has 0 bridgehead atoms. The molecule has 3 aromatic rings. The molecular weight excluding hydrogens is 1090 g/mol. The van der Waals surface area contributed by atoms with Crippen LogP contribution in [-0.2, 0) is 87.4 Å². The van der Waals surface area contributed by atoms with Crippen molar-refractivity contribution in [2.24, 2.45) is 0 Å². The SMILES string of the molecule is O=C(CCOCCOCCOCCOCCOCCOCCOCCOCCOCCOCCOCCOCCn1cc(-c2cccc(NC(=O)N3CCC4(CC3)NC(=O)N(c3cccc(Cl)c3)C4=O)c2)nn1)ON1C(=O)CCC1=O. The van der Waals surface area contributed by atoms with Gasteiger partial charge in [0.25, 0.3) is 17.7 Å². The number of anilines is 2. The molecule has 3 fully saturated rings. The number of aromatic nitrogens is 3. The number of hydrogen-bond acceptors (Lipinski definition) is 21. The summed E-state index contributed by atoms with van der Waals surface area (Å²) in [4.78, 5) is 81.6. The average molecular weight is 1160 g/mol. The van der Waals surface area contributed by atoms with Crippen LogP contribution in [0.4, 0.5) is 21.0 Å². The minimum absolute atomic E-state index is 0.0489. The van der Waals surface area contributed by atoms with E-state index in [1.165, 1.54) is 0 Å². The van der Waals surface area contributed by atoms with E-state index in [1.807, 2.05) is 24.4 Å². The van der Waals surface area contributed by atoms with Gasteiger partial charge in [0.1, 0.15) is 11.2 Å². The number of amides is 7. The van der Waals surface area contributed by atoms with Crippen molar-refractivity contribution in [3.05, 3.63) is 59.8 Å². The highest BCUT2D eigenvalue weighted by Crippen LogP contribution is 2.34. The highest BCUT2D eigenvalue weighted by molar-refractivity contribution is 6.31. The van der Waals surface area contributed by atoms with Crippen LogP contribution in [0.5, 0.6) is 0 Å². The summed E-state index contributed by atoms with van der Waals surface area (Å²) in [5.41, 5.74) is 1.31. The Balaban J connectivity index is 0.627. The number of hydroxylamine groups is 2. The summed E-state index contributed by atoms with van der Waals surface area (Å²) in [5.74, 6) is -2.10. The minimum atomic E-state index is -1.08. The van der Waals surface area contributed by atoms with Crippen molar-refractivity contribution in [2.75, 3.05) is 182 Å². The van der Waals surface area contributed by atoms with Crippen LogP contribution in [0.2, 0.25) is 5.02 Å². The monoisotopic (exact) mass is 1160 g/mol. The van der Waals surface area contributed by atoms with Crippen LogP contribution in [-0.4, -0.2) is 238 Å². The molecule has 1 aromatic heterocycles. The standard InChI is InChI=1S/C53H75ClN8O19/c54-43-4-2-6-45(40-43)61-50(66)53(56-52(61)68)10-12-59(13-11-53)51(67)55-44-5-1-3-42(39-44)46-41-60(58-57-46)14-16-70-18-20-72-22-24-74-26-28-76-30-32-78-34-36-80-38-37-79-35-33-77-31-29-75-27-25-73-23-21-71-19-17-69-15-9-49(65)81-62-47(63)7-8-48(62)64/h1-6,39-41H,7-38H2,(H,55,67)(H,56,68). The molecule has 0 unspecified atom stereocenters. The number of nitrogens with zero attached hydrogens (tertiary/aromatic N) is 6. The summed E-state index contributed by atoms with van der Waals surface area (Å²) in [6.07, 6.45) is 2.38. The molecule has 3 saturated heterocycles. The van der Waals surface area contributed by atoms with E-state index in [9.17, 15) is 28.8 Å². The molecule has 448 valence electrons. The molecule has 2 aromatic carbocycles. The van der Waals surface area contributed by atoms with Gasteiger partial charge < -0.3 is 77.2 Å². The number of ether oxygens (including phenoxy) is 12. The first kappa shape index (κ1) is 64.4. The second-order valence-corrected chi connectivity index (χ2v) is 18.6. The van der Waals surface area contributed by atoms with Crippen LogP contribution in [0.1, 0.15) is 32.1 Å². The second-order valence-electron chi connectivity index (χ2n) is 18.1. The Morgan fingerprint density at radius 1 is 0.580 bits per heavy atom. The molecule has 3 aliphatic rings. The van der Waals surface area contributed by atoms with Gasteiger partial charge in [0.15, 0.2) is 0 Å². The quantitative estimate of drug-likeness (QED) is 0.0468. The first-order valence-corrected chi connectivity index (χ1v) is 27.5. The summed E-state index contributed by atoms with van der Waals surface area (Å²) in [7, 11) is 0. The van der Waals surface area contributed by atoms with E-state index in [-0.39, 0.29) is 70.3 Å². The molecule has 28 heteroatoms. The van der Waals surface area contributed by atoms with Crippen molar-refractivity contribution < 1.29 is 90.4 Å². The molecule has 0 aliphatic carbocycles. The number of urea groups is 2. The second kappa shape index (κ2) is 37.3. The number of rotatable bonds is 43. The molecular formula is C53H75ClN8O19. The molecule has 4 heterocycles. The number of carbonyl (C=O) groups is 6. The van der Waals surface area contributed by atoms with Gasteiger partial charge >= 0.3 is 18.0 Å². The van der Waals surface area contributed by atoms with E-state index in [4.69, 9.17) is 73.3 Å². The molecule has 0 radical (unpaired) electrons. The lowest BCUT2D eigenvalue weighted by Crippen LogP contribution is -2.56. The van der Waals surface area contributed by atoms with Gasteiger partial charge in [0.2, 0.25) is 0 Å². The van der Waals surface area contributed by atoms with E-state index in [1.54, 1.807) is 39.9 Å². The van der Waals surface area contributed by atoms with Gasteiger partial charge in [-0.05, 0) is 43.2 Å². The van der Waals surface area contributed by atoms with Crippen LogP contribution in [0.25, 0.3) is 11.3 Å². The van der Waals surface area contributed by atoms with E-state index < -0.39 is 29.4 Å². The number of likely N-dealkylation sites (tertiary alicyclic amines) is 1. The van der Waals surface area contributed by atoms with E-state index in [0.717, 1.165) is 10.5 Å². The lowest BCUT2D eigenvalue weighted by Gasteiger charge is -2.37. The van der Waals surface area contributed by atoms with Crippen LogP contribution in [0.15, 0.2) is 54.7 Å². The largest absolute Gasteiger partial charge is 0.378 e. The van der Waals surface area contributed by atoms with Gasteiger partial charge in [-0.25, -0.2) is 24.0 Å². The smallest absolute Gasteiger partial charge is 0.335 e. The highest BCUT2D eigenvalue weighted by Gasteiger charge is 2.53. The summed E-state index contributed by atoms with van der Waals surface area (Å²) >= 11 is 6.10. The maximum atomic E-state index is 13.4. The van der Waals surface area contributed by atoms with Crippen molar-refractivity contribution in [3.8, 4) is 11.3 Å². The average Bonchev–Trinajstić information content (AvgIpc) is 4.09. The number of carbonyl (C=O) groups excluding carboxylic acids is 6. The molecule has 81 heavy (non-hydrogen) atoms. The highest BCUT2D eigenvalue weighted by atomic mass is 35.5. The molecule has 0 atom stereocenters. The Morgan fingerprint density at radius 3 is 1.52 bits per heavy atom. The summed E-state index contributed by atoms with van der Waals surface area (Å²) < 4.78 is 67.7. The maximum absolute atomic E-state index is 13.4. The molecule has 6 rings (SSSR count). The molecule has 1 spiro atoms. The van der Waals surface area contributed by atoms with E-state index >= 15 is 0 Å². The van der Waals surface area contributed by atoms with Gasteiger partial charge in [-0.2, -0.15) is 0 Å². The maximum Gasteiger partial charge on any atom is 0.335 e. The Bertz CT molecular complexity index is 2360. The summed E-state index contributed by atoms with van der Waals surface area (Å²) in [6, 6.07) is 13.1. The number of nitrogens with one attached hydrogen (secondary N) is 2. The molecule has 27 nitrogen and oxygen atoms in total. The molecule has 0 saturated carbocycles. The Kier molecular flexibility index (Phi) is 29.7. The number of benzene rings is 2. The fourth-order valence-electron chi connectivity index (χ4n) is 8.04. The van der Waals surface area contributed by atoms with Crippen LogP contribution in [0.3, 0.4) is 0 Å². The summed E-state index contributed by atoms with van der Waals surface area (Å²) in [5, 5.41) is 15.2. The fraction of sp³-hybridized carbons (Fsp3) is 0.623. The summed E-state index contributed by atoms with van der Waals surface area (Å²) in [6.45, 7) is 10.8. The third-order valence-electron chi connectivity index (χ3n) is 12.3. The van der Waals surface area contributed by atoms with Gasteiger partial charge in [0, 0.05) is 42.2 Å². The van der Waals surface area contributed by atoms with E-state index in [2.05, 4.69) is 20.9 Å². The van der Waals surface area contributed by atoms with Crippen LogP contribution < -0.4 is 15.5 Å². The van der Waals surface area contributed by atoms with Crippen molar-refractivity contribution in [1.29, 1.82) is 0 Å². The predicted octanol–water partition coefficient (Wildman–Crippen LogP) is 2.92. The third kappa shape index (κ3) is 23.5. The van der Waals surface area contributed by atoms with E-state index in [0.29, 0.717) is 179 Å². The van der Waals surface area contributed by atoms with Gasteiger partial charge in [-0.3, -0.25) is 14.4 Å². The number of piperidine rings is 1. The molecule has 2 N–H and O–H groups in total. The fourth-order valence-corrected chi connectivity index (χ4v) is 8.22. The lowest BCUT2D eigenvalue weighted by molar-refractivity contribution is -0.198. The zero-order valence-electron chi connectivity index (χ0n) is 45.6. The minimum Gasteiger partial charge on any atom is -0.378 e. The van der Waals surface area contributed by atoms with Gasteiger partial charge in [-0.15, -0.1) is 10.2 Å². The lowest BCUT2D eigenvalue weighted by atomic mass is 9.87. The zero-order chi connectivity index (χ0) is 57.2. The molecule has 3 aliphatic heterocycles. The predicted molar refractivity (Wildman–Crippen MR) is 287 cm³/mol. The Hall–Kier alpha value is -5.79. The van der Waals surface area contributed by atoms with Gasteiger partial charge in [0.05, 0.1) is 183 Å². The van der Waals surface area contributed by atoms with Gasteiger partial charge in [-0.1, -0.05) is 35.0 Å². The molecule has 7 amide bonds. The topological polar surface area (TPSA) is 287 Å². The first-order chi connectivity index (χ1) is 39.6. The number of imide groups is 2. The number of halogens is 1. The first-order valence-electron chi connectivity index (χ1n) is 27.1. The van der Waals surface area contributed by atoms with Crippen molar-refractivity contribution >= 4 is 58.7 Å². The van der Waals surface area contributed by atoms with Crippen molar-refractivity contribution in [1.82, 2.24) is 30.3 Å². The third-order valence-corrected chi connectivity index (χ3v) is 12.5. The normalized spacial score (nSPS) is 15.1. The van der Waals surface area contributed by atoms with Crippen molar-refractivity contribution in [3.63, 3.8) is 0 Å². The number of hydrogen-bond donors (Lipinski definition) is 2. The zero-order valence-corrected chi connectivity index (χ0v) is 46.4. The van der Waals surface area contributed by atoms with Crippen LogP contribution in [0, 0.1) is 0 Å².